The fourth-order valence-electron chi connectivity index (χ4n) is 2.18. The Morgan fingerprint density at radius 1 is 1.60 bits per heavy atom. The minimum Gasteiger partial charge on any atom is -0.383 e. The van der Waals surface area contributed by atoms with Crippen LogP contribution in [-0.4, -0.2) is 16.6 Å². The Morgan fingerprint density at radius 3 is 2.73 bits per heavy atom. The second-order valence-electron chi connectivity index (χ2n) is 4.29. The van der Waals surface area contributed by atoms with Gasteiger partial charge in [0.05, 0.1) is 0 Å². The molecule has 1 aliphatic rings. The molecule has 1 aliphatic carbocycles. The van der Waals surface area contributed by atoms with E-state index in [9.17, 15) is 5.11 Å². The van der Waals surface area contributed by atoms with Gasteiger partial charge in [-0.25, -0.2) is 4.98 Å². The third-order valence-electron chi connectivity index (χ3n) is 3.19. The van der Waals surface area contributed by atoms with E-state index in [-0.39, 0.29) is 12.5 Å². The predicted molar refractivity (Wildman–Crippen MR) is 59.1 cm³/mol. The molecule has 0 radical (unpaired) electrons. The fourth-order valence-corrected chi connectivity index (χ4v) is 2.18. The Balaban J connectivity index is 2.50. The van der Waals surface area contributed by atoms with E-state index in [0.29, 0.717) is 5.82 Å². The van der Waals surface area contributed by atoms with E-state index < -0.39 is 5.60 Å². The second-order valence-corrected chi connectivity index (χ2v) is 4.29. The molecular weight excluding hydrogens is 190 g/mol. The highest BCUT2D eigenvalue weighted by atomic mass is 16.3. The van der Waals surface area contributed by atoms with Crippen molar-refractivity contribution < 1.29 is 5.11 Å². The van der Waals surface area contributed by atoms with Crippen LogP contribution in [-0.2, 0) is 5.60 Å². The smallest absolute Gasteiger partial charge is 0.129 e. The summed E-state index contributed by atoms with van der Waals surface area (Å²) in [7, 11) is 0. The molecule has 2 rings (SSSR count). The van der Waals surface area contributed by atoms with E-state index in [1.165, 1.54) is 0 Å². The first kappa shape index (κ1) is 10.4. The molecule has 0 amide bonds. The Bertz CT molecular complexity index is 356. The Hall–Kier alpha value is -1.13. The number of nitrogens with two attached hydrogens (primary N) is 2. The number of aromatic nitrogens is 1. The average molecular weight is 207 g/mol. The number of aliphatic hydroxyl groups is 1. The fraction of sp³-hybridized carbons (Fsp3) is 0.545. The van der Waals surface area contributed by atoms with E-state index in [1.807, 2.05) is 13.0 Å². The first-order chi connectivity index (χ1) is 7.09. The molecule has 0 aliphatic heterocycles. The molecule has 0 saturated heterocycles. The number of hydrogen-bond acceptors (Lipinski definition) is 4. The van der Waals surface area contributed by atoms with Crippen LogP contribution in [0.5, 0.6) is 0 Å². The van der Waals surface area contributed by atoms with Gasteiger partial charge in [-0.05, 0) is 37.3 Å². The van der Waals surface area contributed by atoms with Gasteiger partial charge in [0.15, 0.2) is 0 Å². The number of aryl methyl sites for hydroxylation is 1. The number of nitrogens with zero attached hydrogens (tertiary/aromatic N) is 1. The van der Waals surface area contributed by atoms with Gasteiger partial charge in [-0.15, -0.1) is 0 Å². The van der Waals surface area contributed by atoms with Crippen molar-refractivity contribution in [3.8, 4) is 0 Å². The molecule has 1 heterocycles. The summed E-state index contributed by atoms with van der Waals surface area (Å²) < 4.78 is 0. The standard InChI is InChI=1S/C11H17N3O/c1-7-4-5-14-10(13)9(7)11(15,6-12)8-2-3-8/h4-5,8,15H,2-3,6,12H2,1H3,(H2,13,14). The van der Waals surface area contributed by atoms with E-state index in [0.717, 1.165) is 24.0 Å². The van der Waals surface area contributed by atoms with Gasteiger partial charge in [0.2, 0.25) is 0 Å². The summed E-state index contributed by atoms with van der Waals surface area (Å²) in [6.45, 7) is 2.13. The van der Waals surface area contributed by atoms with Gasteiger partial charge in [0.1, 0.15) is 11.4 Å². The topological polar surface area (TPSA) is 85.2 Å². The number of pyridine rings is 1. The van der Waals surface area contributed by atoms with Crippen LogP contribution in [0.15, 0.2) is 12.3 Å². The molecule has 82 valence electrons. The summed E-state index contributed by atoms with van der Waals surface area (Å²) in [6.07, 6.45) is 3.68. The van der Waals surface area contributed by atoms with Crippen LogP contribution in [0.3, 0.4) is 0 Å². The molecule has 5 N–H and O–H groups in total. The maximum absolute atomic E-state index is 10.5. The number of rotatable bonds is 3. The van der Waals surface area contributed by atoms with Crippen molar-refractivity contribution in [2.24, 2.45) is 11.7 Å². The third-order valence-corrected chi connectivity index (χ3v) is 3.19. The first-order valence-corrected chi connectivity index (χ1v) is 5.23. The predicted octanol–water partition coefficient (Wildman–Crippen LogP) is 0.529. The molecule has 1 aromatic heterocycles. The molecule has 0 bridgehead atoms. The van der Waals surface area contributed by atoms with Crippen LogP contribution in [0.4, 0.5) is 5.82 Å². The van der Waals surface area contributed by atoms with Gasteiger partial charge in [0.25, 0.3) is 0 Å². The molecular formula is C11H17N3O. The van der Waals surface area contributed by atoms with Crippen molar-refractivity contribution in [2.45, 2.75) is 25.4 Å². The highest BCUT2D eigenvalue weighted by Gasteiger charge is 2.46. The van der Waals surface area contributed by atoms with Crippen molar-refractivity contribution >= 4 is 5.82 Å². The zero-order valence-corrected chi connectivity index (χ0v) is 8.90. The lowest BCUT2D eigenvalue weighted by molar-refractivity contribution is 0.0221. The Morgan fingerprint density at radius 2 is 2.27 bits per heavy atom. The molecule has 1 aromatic rings. The average Bonchev–Trinajstić information content (AvgIpc) is 3.00. The Labute approximate surface area is 89.3 Å². The van der Waals surface area contributed by atoms with E-state index in [4.69, 9.17) is 11.5 Å². The summed E-state index contributed by atoms with van der Waals surface area (Å²) in [5.41, 5.74) is 12.2. The largest absolute Gasteiger partial charge is 0.383 e. The highest BCUT2D eigenvalue weighted by Crippen LogP contribution is 2.47. The van der Waals surface area contributed by atoms with Crippen LogP contribution in [0.2, 0.25) is 0 Å². The SMILES string of the molecule is Cc1ccnc(N)c1C(O)(CN)C1CC1. The van der Waals surface area contributed by atoms with Gasteiger partial charge >= 0.3 is 0 Å². The summed E-state index contributed by atoms with van der Waals surface area (Å²) in [5, 5.41) is 10.5. The van der Waals surface area contributed by atoms with E-state index in [2.05, 4.69) is 4.98 Å². The minimum absolute atomic E-state index is 0.203. The molecule has 15 heavy (non-hydrogen) atoms. The van der Waals surface area contributed by atoms with Crippen molar-refractivity contribution in [3.63, 3.8) is 0 Å². The van der Waals surface area contributed by atoms with Gasteiger partial charge in [-0.3, -0.25) is 0 Å². The van der Waals surface area contributed by atoms with Gasteiger partial charge in [-0.1, -0.05) is 0 Å². The quantitative estimate of drug-likeness (QED) is 0.675. The third kappa shape index (κ3) is 1.60. The van der Waals surface area contributed by atoms with E-state index in [1.54, 1.807) is 6.20 Å². The van der Waals surface area contributed by atoms with Crippen molar-refractivity contribution in [1.29, 1.82) is 0 Å². The summed E-state index contributed by atoms with van der Waals surface area (Å²) in [5.74, 6) is 0.641. The summed E-state index contributed by atoms with van der Waals surface area (Å²) in [4.78, 5) is 4.03. The molecule has 1 atom stereocenters. The number of nitrogen functional groups attached to an aromatic ring is 1. The number of hydrogen-bond donors (Lipinski definition) is 3. The first-order valence-electron chi connectivity index (χ1n) is 5.23. The highest BCUT2D eigenvalue weighted by molar-refractivity contribution is 5.49. The molecule has 1 saturated carbocycles. The molecule has 0 spiro atoms. The lowest BCUT2D eigenvalue weighted by Gasteiger charge is -2.29. The van der Waals surface area contributed by atoms with Gasteiger partial charge < -0.3 is 16.6 Å². The minimum atomic E-state index is -0.984. The molecule has 1 unspecified atom stereocenters. The van der Waals surface area contributed by atoms with Crippen LogP contribution in [0.1, 0.15) is 24.0 Å². The monoisotopic (exact) mass is 207 g/mol. The van der Waals surface area contributed by atoms with Crippen LogP contribution in [0, 0.1) is 12.8 Å². The van der Waals surface area contributed by atoms with Crippen LogP contribution < -0.4 is 11.5 Å². The van der Waals surface area contributed by atoms with Crippen LogP contribution in [0.25, 0.3) is 0 Å². The van der Waals surface area contributed by atoms with Gasteiger partial charge in [0, 0.05) is 18.3 Å². The van der Waals surface area contributed by atoms with Crippen molar-refractivity contribution in [3.05, 3.63) is 23.4 Å². The Kier molecular flexibility index (Phi) is 2.40. The molecule has 4 heteroatoms. The molecule has 4 nitrogen and oxygen atoms in total. The summed E-state index contributed by atoms with van der Waals surface area (Å²) in [6, 6.07) is 1.86. The normalized spacial score (nSPS) is 19.9. The zero-order chi connectivity index (χ0) is 11.1. The van der Waals surface area contributed by atoms with E-state index >= 15 is 0 Å². The zero-order valence-electron chi connectivity index (χ0n) is 8.90. The lowest BCUT2D eigenvalue weighted by Crippen LogP contribution is -2.38. The summed E-state index contributed by atoms with van der Waals surface area (Å²) >= 11 is 0. The van der Waals surface area contributed by atoms with Crippen molar-refractivity contribution in [1.82, 2.24) is 4.98 Å². The number of anilines is 1. The maximum atomic E-state index is 10.5. The maximum Gasteiger partial charge on any atom is 0.129 e. The van der Waals surface area contributed by atoms with Crippen LogP contribution >= 0.6 is 0 Å². The molecule has 1 fully saturated rings. The van der Waals surface area contributed by atoms with Gasteiger partial charge in [-0.2, -0.15) is 0 Å². The molecule has 0 aromatic carbocycles. The van der Waals surface area contributed by atoms with Crippen molar-refractivity contribution in [2.75, 3.05) is 12.3 Å². The second kappa shape index (κ2) is 3.47. The lowest BCUT2D eigenvalue weighted by atomic mass is 9.86.